The maximum absolute atomic E-state index is 11.7. The molecule has 30 heavy (non-hydrogen) atoms. The third-order valence-electron chi connectivity index (χ3n) is 5.10. The van der Waals surface area contributed by atoms with Crippen LogP contribution in [0.4, 0.5) is 0 Å². The summed E-state index contributed by atoms with van der Waals surface area (Å²) in [6.07, 6.45) is 0.251. The summed E-state index contributed by atoms with van der Waals surface area (Å²) in [6, 6.07) is 12.0. The van der Waals surface area contributed by atoms with Gasteiger partial charge in [0.15, 0.2) is 0 Å². The van der Waals surface area contributed by atoms with E-state index in [4.69, 9.17) is 10.5 Å². The fourth-order valence-corrected chi connectivity index (χ4v) is 3.72. The maximum Gasteiger partial charge on any atom is 0.309 e. The predicted molar refractivity (Wildman–Crippen MR) is 116 cm³/mol. The number of benzene rings is 2. The summed E-state index contributed by atoms with van der Waals surface area (Å²) >= 11 is 0. The normalized spacial score (nSPS) is 10.7. The molecule has 0 atom stereocenters. The first-order chi connectivity index (χ1) is 14.2. The summed E-state index contributed by atoms with van der Waals surface area (Å²) in [5.74, 6) is -0.845. The Morgan fingerprint density at radius 1 is 0.900 bits per heavy atom. The lowest BCUT2D eigenvalue weighted by molar-refractivity contribution is -0.139. The van der Waals surface area contributed by atoms with Crippen LogP contribution in [0.1, 0.15) is 38.6 Å². The van der Waals surface area contributed by atoms with Crippen molar-refractivity contribution in [1.29, 1.82) is 0 Å². The van der Waals surface area contributed by atoms with Gasteiger partial charge in [0.1, 0.15) is 5.69 Å². The number of hydrogen-bond donors (Lipinski definition) is 1. The molecule has 0 fully saturated rings. The SMILES string of the molecule is COC(=O)Cc1ccc(-c2c(C)cc(-c3nc(C(N)=O)c(C)nc3C)cc2C)cc1. The fourth-order valence-electron chi connectivity index (χ4n) is 3.72. The van der Waals surface area contributed by atoms with E-state index in [0.717, 1.165) is 39.1 Å². The van der Waals surface area contributed by atoms with E-state index in [2.05, 4.69) is 9.97 Å². The van der Waals surface area contributed by atoms with E-state index in [-0.39, 0.29) is 18.1 Å². The summed E-state index contributed by atoms with van der Waals surface area (Å²) in [6.45, 7) is 7.69. The van der Waals surface area contributed by atoms with Gasteiger partial charge >= 0.3 is 5.97 Å². The van der Waals surface area contributed by atoms with Gasteiger partial charge in [-0.1, -0.05) is 24.3 Å². The van der Waals surface area contributed by atoms with E-state index in [9.17, 15) is 9.59 Å². The molecular formula is C24H25N3O3. The summed E-state index contributed by atoms with van der Waals surface area (Å²) < 4.78 is 4.72. The monoisotopic (exact) mass is 403 g/mol. The molecule has 0 saturated heterocycles. The van der Waals surface area contributed by atoms with Gasteiger partial charge in [-0.2, -0.15) is 0 Å². The lowest BCUT2D eigenvalue weighted by atomic mass is 9.91. The standard InChI is InChI=1S/C24H25N3O3/c1-13-10-19(22-15(3)26-16(4)23(27-22)24(25)29)11-14(2)21(13)18-8-6-17(7-9-18)12-20(28)30-5/h6-11H,12H2,1-5H3,(H2,25,29). The number of aryl methyl sites for hydroxylation is 4. The number of primary amides is 1. The van der Waals surface area contributed by atoms with Crippen molar-refractivity contribution in [3.8, 4) is 22.4 Å². The highest BCUT2D eigenvalue weighted by Gasteiger charge is 2.16. The Labute approximate surface area is 176 Å². The van der Waals surface area contributed by atoms with Crippen LogP contribution in [-0.2, 0) is 16.0 Å². The quantitative estimate of drug-likeness (QED) is 0.653. The van der Waals surface area contributed by atoms with Gasteiger partial charge in [-0.3, -0.25) is 14.6 Å². The van der Waals surface area contributed by atoms with Crippen molar-refractivity contribution in [2.24, 2.45) is 5.73 Å². The molecule has 6 heteroatoms. The molecule has 1 heterocycles. The van der Waals surface area contributed by atoms with Gasteiger partial charge in [0.05, 0.1) is 30.6 Å². The van der Waals surface area contributed by atoms with Crippen molar-refractivity contribution < 1.29 is 14.3 Å². The molecule has 0 aliphatic carbocycles. The van der Waals surface area contributed by atoms with Crippen LogP contribution in [-0.4, -0.2) is 29.0 Å². The van der Waals surface area contributed by atoms with Crippen LogP contribution in [0.3, 0.4) is 0 Å². The van der Waals surface area contributed by atoms with Crippen LogP contribution in [0.15, 0.2) is 36.4 Å². The molecule has 154 valence electrons. The highest BCUT2D eigenvalue weighted by molar-refractivity contribution is 5.92. The summed E-state index contributed by atoms with van der Waals surface area (Å²) in [5.41, 5.74) is 13.7. The Morgan fingerprint density at radius 2 is 1.50 bits per heavy atom. The number of carbonyl (C=O) groups excluding carboxylic acids is 2. The summed E-state index contributed by atoms with van der Waals surface area (Å²) in [7, 11) is 1.39. The van der Waals surface area contributed by atoms with Gasteiger partial charge in [-0.15, -0.1) is 0 Å². The van der Waals surface area contributed by atoms with Gasteiger partial charge in [0.25, 0.3) is 5.91 Å². The summed E-state index contributed by atoms with van der Waals surface area (Å²) in [4.78, 5) is 32.1. The van der Waals surface area contributed by atoms with E-state index < -0.39 is 5.91 Å². The number of esters is 1. The zero-order valence-electron chi connectivity index (χ0n) is 17.9. The third-order valence-corrected chi connectivity index (χ3v) is 5.10. The number of nitrogens with two attached hydrogens (primary N) is 1. The van der Waals surface area contributed by atoms with Crippen LogP contribution in [0.2, 0.25) is 0 Å². The van der Waals surface area contributed by atoms with Crippen LogP contribution in [0, 0.1) is 27.7 Å². The van der Waals surface area contributed by atoms with Gasteiger partial charge in [0.2, 0.25) is 0 Å². The number of aromatic nitrogens is 2. The maximum atomic E-state index is 11.7. The second-order valence-corrected chi connectivity index (χ2v) is 7.39. The number of amides is 1. The molecule has 1 amide bonds. The molecule has 2 aromatic carbocycles. The molecule has 3 aromatic rings. The van der Waals surface area contributed by atoms with Gasteiger partial charge in [-0.05, 0) is 67.6 Å². The van der Waals surface area contributed by atoms with E-state index in [0.29, 0.717) is 11.4 Å². The first-order valence-electron chi connectivity index (χ1n) is 9.64. The Hall–Kier alpha value is -3.54. The Kier molecular flexibility index (Phi) is 5.96. The van der Waals surface area contributed by atoms with Gasteiger partial charge in [-0.25, -0.2) is 4.98 Å². The molecule has 6 nitrogen and oxygen atoms in total. The molecule has 3 rings (SSSR count). The molecule has 0 aliphatic heterocycles. The van der Waals surface area contributed by atoms with E-state index in [1.807, 2.05) is 57.2 Å². The second kappa shape index (κ2) is 8.45. The first-order valence-corrected chi connectivity index (χ1v) is 9.64. The molecule has 0 spiro atoms. The number of carbonyl (C=O) groups is 2. The Balaban J connectivity index is 2.02. The third kappa shape index (κ3) is 4.22. The topological polar surface area (TPSA) is 95.2 Å². The van der Waals surface area contributed by atoms with Gasteiger partial charge in [0, 0.05) is 5.56 Å². The second-order valence-electron chi connectivity index (χ2n) is 7.39. The van der Waals surface area contributed by atoms with Gasteiger partial charge < -0.3 is 10.5 Å². The van der Waals surface area contributed by atoms with Crippen LogP contribution >= 0.6 is 0 Å². The molecule has 0 aliphatic rings. The highest BCUT2D eigenvalue weighted by atomic mass is 16.5. The minimum Gasteiger partial charge on any atom is -0.469 e. The molecule has 0 saturated carbocycles. The largest absolute Gasteiger partial charge is 0.469 e. The van der Waals surface area contributed by atoms with Crippen LogP contribution < -0.4 is 5.73 Å². The molecule has 0 bridgehead atoms. The van der Waals surface area contributed by atoms with Crippen molar-refractivity contribution in [2.45, 2.75) is 34.1 Å². The zero-order chi connectivity index (χ0) is 22.0. The number of ether oxygens (including phenoxy) is 1. The first kappa shape index (κ1) is 21.2. The van der Waals surface area contributed by atoms with Crippen molar-refractivity contribution in [2.75, 3.05) is 7.11 Å². The smallest absolute Gasteiger partial charge is 0.309 e. The van der Waals surface area contributed by atoms with E-state index >= 15 is 0 Å². The van der Waals surface area contributed by atoms with Crippen molar-refractivity contribution in [3.05, 3.63) is 70.2 Å². The van der Waals surface area contributed by atoms with E-state index in [1.54, 1.807) is 6.92 Å². The lowest BCUT2D eigenvalue weighted by Gasteiger charge is -2.15. The molecule has 0 radical (unpaired) electrons. The molecule has 1 aromatic heterocycles. The minimum absolute atomic E-state index is 0.191. The number of hydrogen-bond acceptors (Lipinski definition) is 5. The summed E-state index contributed by atoms with van der Waals surface area (Å²) in [5, 5.41) is 0. The number of rotatable bonds is 5. The number of methoxy groups -OCH3 is 1. The fraction of sp³-hybridized carbons (Fsp3) is 0.250. The Bertz CT molecular complexity index is 1110. The Morgan fingerprint density at radius 3 is 2.03 bits per heavy atom. The lowest BCUT2D eigenvalue weighted by Crippen LogP contribution is -2.17. The molecular weight excluding hydrogens is 378 g/mol. The average molecular weight is 403 g/mol. The van der Waals surface area contributed by atoms with Crippen molar-refractivity contribution in [1.82, 2.24) is 9.97 Å². The molecule has 0 unspecified atom stereocenters. The van der Waals surface area contributed by atoms with Crippen molar-refractivity contribution >= 4 is 11.9 Å². The predicted octanol–water partition coefficient (Wildman–Crippen LogP) is 3.86. The minimum atomic E-state index is -0.585. The number of nitrogens with zero attached hydrogens (tertiary/aromatic N) is 2. The zero-order valence-corrected chi connectivity index (χ0v) is 17.9. The van der Waals surface area contributed by atoms with E-state index in [1.165, 1.54) is 7.11 Å². The highest BCUT2D eigenvalue weighted by Crippen LogP contribution is 2.32. The average Bonchev–Trinajstić information content (AvgIpc) is 2.68. The van der Waals surface area contributed by atoms with Crippen LogP contribution in [0.25, 0.3) is 22.4 Å². The molecule has 2 N–H and O–H groups in total. The van der Waals surface area contributed by atoms with Crippen LogP contribution in [0.5, 0.6) is 0 Å². The van der Waals surface area contributed by atoms with Crippen molar-refractivity contribution in [3.63, 3.8) is 0 Å².